The maximum absolute atomic E-state index is 12.7. The van der Waals surface area contributed by atoms with Gasteiger partial charge in [-0.1, -0.05) is 46.3 Å². The highest BCUT2D eigenvalue weighted by Gasteiger charge is 2.47. The van der Waals surface area contributed by atoms with E-state index in [0.717, 1.165) is 10.0 Å². The molecule has 0 spiro atoms. The minimum Gasteiger partial charge on any atom is -0.457 e. The zero-order valence-electron chi connectivity index (χ0n) is 15.0. The number of imide groups is 1. The average Bonchev–Trinajstić information content (AvgIpc) is 2.98. The Bertz CT molecular complexity index is 941. The number of hydrogen-bond donors (Lipinski definition) is 0. The topological polar surface area (TPSA) is 63.7 Å². The van der Waals surface area contributed by atoms with E-state index in [-0.39, 0.29) is 30.3 Å². The Hall–Kier alpha value is -2.73. The van der Waals surface area contributed by atoms with Crippen LogP contribution in [0.2, 0.25) is 0 Å². The monoisotopic (exact) mass is 439 g/mol. The van der Waals surface area contributed by atoms with Gasteiger partial charge in [0.2, 0.25) is 11.8 Å². The van der Waals surface area contributed by atoms with Gasteiger partial charge in [-0.05, 0) is 48.7 Å². The van der Waals surface area contributed by atoms with Crippen LogP contribution < -0.4 is 4.90 Å². The standard InChI is InChI=1S/C22H18BrNO4/c23-16-10-8-14(9-11-16)13-28-22(27)15-4-3-5-17(12-15)24-20(25)18-6-1-2-7-19(18)21(24)26/h1-5,8-12,18-19H,6-7,13H2/t18-,19-/m0/s1. The Kier molecular flexibility index (Phi) is 5.13. The van der Waals surface area contributed by atoms with Crippen molar-refractivity contribution < 1.29 is 19.1 Å². The van der Waals surface area contributed by atoms with Gasteiger partial charge in [-0.2, -0.15) is 0 Å². The van der Waals surface area contributed by atoms with Crippen molar-refractivity contribution in [3.05, 3.63) is 76.3 Å². The van der Waals surface area contributed by atoms with Gasteiger partial charge >= 0.3 is 5.97 Å². The number of anilines is 1. The summed E-state index contributed by atoms with van der Waals surface area (Å²) in [5, 5.41) is 0. The van der Waals surface area contributed by atoms with Crippen molar-refractivity contribution in [3.8, 4) is 0 Å². The molecule has 5 nitrogen and oxygen atoms in total. The van der Waals surface area contributed by atoms with Crippen LogP contribution in [0.3, 0.4) is 0 Å². The predicted octanol–water partition coefficient (Wildman–Crippen LogP) is 4.26. The van der Waals surface area contributed by atoms with Crippen LogP contribution in [0.25, 0.3) is 0 Å². The Balaban J connectivity index is 1.50. The summed E-state index contributed by atoms with van der Waals surface area (Å²) in [5.41, 5.74) is 1.60. The van der Waals surface area contributed by atoms with E-state index >= 15 is 0 Å². The van der Waals surface area contributed by atoms with E-state index in [1.54, 1.807) is 24.3 Å². The molecule has 142 valence electrons. The van der Waals surface area contributed by atoms with Gasteiger partial charge < -0.3 is 4.74 Å². The first kappa shape index (κ1) is 18.6. The third-order valence-corrected chi connectivity index (χ3v) is 5.66. The number of ether oxygens (including phenoxy) is 1. The highest BCUT2D eigenvalue weighted by Crippen LogP contribution is 2.37. The first-order chi connectivity index (χ1) is 13.5. The van der Waals surface area contributed by atoms with E-state index in [1.807, 2.05) is 36.4 Å². The lowest BCUT2D eigenvalue weighted by molar-refractivity contribution is -0.122. The lowest BCUT2D eigenvalue weighted by atomic mass is 9.85. The van der Waals surface area contributed by atoms with Crippen LogP contribution in [-0.4, -0.2) is 17.8 Å². The van der Waals surface area contributed by atoms with Crippen LogP contribution in [0, 0.1) is 11.8 Å². The summed E-state index contributed by atoms with van der Waals surface area (Å²) in [6.07, 6.45) is 5.07. The molecule has 6 heteroatoms. The number of esters is 1. The summed E-state index contributed by atoms with van der Waals surface area (Å²) in [6, 6.07) is 14.0. The number of halogens is 1. The summed E-state index contributed by atoms with van der Waals surface area (Å²) in [7, 11) is 0. The van der Waals surface area contributed by atoms with Gasteiger partial charge in [0.15, 0.2) is 0 Å². The predicted molar refractivity (Wildman–Crippen MR) is 108 cm³/mol. The molecule has 2 aromatic carbocycles. The lowest BCUT2D eigenvalue weighted by Crippen LogP contribution is -2.31. The van der Waals surface area contributed by atoms with Crippen molar-refractivity contribution >= 4 is 39.4 Å². The van der Waals surface area contributed by atoms with Gasteiger partial charge in [0.25, 0.3) is 0 Å². The van der Waals surface area contributed by atoms with Crippen LogP contribution in [-0.2, 0) is 20.9 Å². The van der Waals surface area contributed by atoms with Crippen molar-refractivity contribution in [2.75, 3.05) is 4.90 Å². The molecule has 1 fully saturated rings. The van der Waals surface area contributed by atoms with Crippen LogP contribution in [0.4, 0.5) is 5.69 Å². The highest BCUT2D eigenvalue weighted by molar-refractivity contribution is 9.10. The fourth-order valence-electron chi connectivity index (χ4n) is 3.64. The molecule has 28 heavy (non-hydrogen) atoms. The molecule has 0 bridgehead atoms. The normalized spacial score (nSPS) is 21.0. The molecule has 1 aliphatic heterocycles. The number of carbonyl (C=O) groups excluding carboxylic acids is 3. The van der Waals surface area contributed by atoms with Crippen LogP contribution in [0.5, 0.6) is 0 Å². The Morgan fingerprint density at radius 2 is 1.64 bits per heavy atom. The Labute approximate surface area is 171 Å². The van der Waals surface area contributed by atoms with E-state index in [9.17, 15) is 14.4 Å². The van der Waals surface area contributed by atoms with E-state index in [1.165, 1.54) is 4.90 Å². The number of allylic oxidation sites excluding steroid dienone is 2. The SMILES string of the molecule is O=C(OCc1ccc(Br)cc1)c1cccc(N2C(=O)[C@H]3CC=CC[C@@H]3C2=O)c1. The molecule has 0 unspecified atom stereocenters. The van der Waals surface area contributed by atoms with Crippen molar-refractivity contribution in [3.63, 3.8) is 0 Å². The highest BCUT2D eigenvalue weighted by atomic mass is 79.9. The Morgan fingerprint density at radius 3 is 2.29 bits per heavy atom. The first-order valence-electron chi connectivity index (χ1n) is 9.09. The molecule has 2 atom stereocenters. The zero-order chi connectivity index (χ0) is 19.7. The number of hydrogen-bond acceptors (Lipinski definition) is 4. The van der Waals surface area contributed by atoms with E-state index in [2.05, 4.69) is 15.9 Å². The van der Waals surface area contributed by atoms with Crippen molar-refractivity contribution in [2.24, 2.45) is 11.8 Å². The molecule has 2 aromatic rings. The summed E-state index contributed by atoms with van der Waals surface area (Å²) >= 11 is 3.36. The maximum Gasteiger partial charge on any atom is 0.338 e. The van der Waals surface area contributed by atoms with E-state index in [0.29, 0.717) is 24.1 Å². The van der Waals surface area contributed by atoms with Gasteiger partial charge in [0, 0.05) is 4.47 Å². The second-order valence-corrected chi connectivity index (χ2v) is 7.84. The van der Waals surface area contributed by atoms with Crippen molar-refractivity contribution in [2.45, 2.75) is 19.4 Å². The third kappa shape index (κ3) is 3.52. The summed E-state index contributed by atoms with van der Waals surface area (Å²) in [5.74, 6) is -1.49. The number of fused-ring (bicyclic) bond motifs is 1. The average molecular weight is 440 g/mol. The first-order valence-corrected chi connectivity index (χ1v) is 9.88. The summed E-state index contributed by atoms with van der Waals surface area (Å²) in [4.78, 5) is 39.1. The number of amides is 2. The third-order valence-electron chi connectivity index (χ3n) is 5.13. The maximum atomic E-state index is 12.7. The van der Waals surface area contributed by atoms with Crippen molar-refractivity contribution in [1.29, 1.82) is 0 Å². The molecule has 0 N–H and O–H groups in total. The second-order valence-electron chi connectivity index (χ2n) is 6.92. The van der Waals surface area contributed by atoms with Gasteiger partial charge in [0.05, 0.1) is 23.1 Å². The largest absolute Gasteiger partial charge is 0.457 e. The fraction of sp³-hybridized carbons (Fsp3) is 0.227. The smallest absolute Gasteiger partial charge is 0.338 e. The molecular formula is C22H18BrNO4. The van der Waals surface area contributed by atoms with Crippen LogP contribution in [0.15, 0.2) is 65.2 Å². The van der Waals surface area contributed by atoms with Gasteiger partial charge in [-0.25, -0.2) is 4.79 Å². The quantitative estimate of drug-likeness (QED) is 0.405. The van der Waals surface area contributed by atoms with Crippen LogP contribution in [0.1, 0.15) is 28.8 Å². The molecule has 1 saturated heterocycles. The fourth-order valence-corrected chi connectivity index (χ4v) is 3.90. The van der Waals surface area contributed by atoms with Crippen LogP contribution >= 0.6 is 15.9 Å². The number of nitrogens with zero attached hydrogens (tertiary/aromatic N) is 1. The summed E-state index contributed by atoms with van der Waals surface area (Å²) in [6.45, 7) is 0.147. The minimum absolute atomic E-state index is 0.147. The van der Waals surface area contributed by atoms with E-state index in [4.69, 9.17) is 4.74 Å². The Morgan fingerprint density at radius 1 is 1.00 bits per heavy atom. The molecule has 1 heterocycles. The molecule has 2 amide bonds. The number of carbonyl (C=O) groups is 3. The zero-order valence-corrected chi connectivity index (χ0v) is 16.6. The lowest BCUT2D eigenvalue weighted by Gasteiger charge is -2.15. The van der Waals surface area contributed by atoms with Gasteiger partial charge in [0.1, 0.15) is 6.61 Å². The van der Waals surface area contributed by atoms with Gasteiger partial charge in [-0.15, -0.1) is 0 Å². The van der Waals surface area contributed by atoms with E-state index < -0.39 is 5.97 Å². The number of benzene rings is 2. The molecule has 1 aliphatic carbocycles. The summed E-state index contributed by atoms with van der Waals surface area (Å²) < 4.78 is 6.32. The molecule has 0 radical (unpaired) electrons. The molecule has 0 aromatic heterocycles. The number of rotatable bonds is 4. The molecular weight excluding hydrogens is 422 g/mol. The van der Waals surface area contributed by atoms with Gasteiger partial charge in [-0.3, -0.25) is 14.5 Å². The van der Waals surface area contributed by atoms with Crippen molar-refractivity contribution in [1.82, 2.24) is 0 Å². The molecule has 4 rings (SSSR count). The second kappa shape index (κ2) is 7.72. The molecule has 2 aliphatic rings. The minimum atomic E-state index is -0.497. The molecule has 0 saturated carbocycles.